The first-order valence-corrected chi connectivity index (χ1v) is 6.00. The second-order valence-corrected chi connectivity index (χ2v) is 4.72. The Morgan fingerprint density at radius 3 is 2.29 bits per heavy atom. The summed E-state index contributed by atoms with van der Waals surface area (Å²) in [7, 11) is 0. The summed E-state index contributed by atoms with van der Waals surface area (Å²) < 4.78 is 12.8. The molecule has 0 N–H and O–H groups in total. The lowest BCUT2D eigenvalue weighted by Gasteiger charge is -2.46. The Kier molecular flexibility index (Phi) is 2.68. The summed E-state index contributed by atoms with van der Waals surface area (Å²) in [6, 6.07) is 5.82. The van der Waals surface area contributed by atoms with E-state index in [2.05, 4.69) is 9.80 Å². The van der Waals surface area contributed by atoms with Gasteiger partial charge in [0.25, 0.3) is 0 Å². The standard InChI is InChI=1S/C13H15FN2O/c14-11-3-1-10(2-4-11)13(17)12-9-15-5-7-16(12)8-6-15/h1-4,12H,5-9H2. The SMILES string of the molecule is O=C(c1ccc(F)cc1)C1CN2CCN1CC2. The maximum Gasteiger partial charge on any atom is 0.181 e. The number of hydrogen-bond donors (Lipinski definition) is 0. The lowest BCUT2D eigenvalue weighted by Crippen LogP contribution is -2.63. The van der Waals surface area contributed by atoms with Crippen LogP contribution in [0, 0.1) is 5.82 Å². The summed E-state index contributed by atoms with van der Waals surface area (Å²) in [4.78, 5) is 16.9. The van der Waals surface area contributed by atoms with Crippen LogP contribution in [-0.2, 0) is 0 Å². The summed E-state index contributed by atoms with van der Waals surface area (Å²) in [6.45, 7) is 4.88. The van der Waals surface area contributed by atoms with Gasteiger partial charge in [-0.05, 0) is 24.3 Å². The van der Waals surface area contributed by atoms with Gasteiger partial charge in [-0.25, -0.2) is 4.39 Å². The van der Waals surface area contributed by atoms with E-state index >= 15 is 0 Å². The molecule has 17 heavy (non-hydrogen) atoms. The van der Waals surface area contributed by atoms with Crippen molar-refractivity contribution >= 4 is 5.78 Å². The van der Waals surface area contributed by atoms with Gasteiger partial charge in [0.1, 0.15) is 5.82 Å². The summed E-state index contributed by atoms with van der Waals surface area (Å²) >= 11 is 0. The molecule has 3 aliphatic heterocycles. The Morgan fingerprint density at radius 1 is 1.12 bits per heavy atom. The molecule has 1 aromatic carbocycles. The number of nitrogens with zero attached hydrogens (tertiary/aromatic N) is 2. The molecule has 4 heteroatoms. The van der Waals surface area contributed by atoms with E-state index in [1.54, 1.807) is 12.1 Å². The molecule has 0 aromatic heterocycles. The largest absolute Gasteiger partial charge is 0.299 e. The van der Waals surface area contributed by atoms with Gasteiger partial charge in [-0.1, -0.05) is 0 Å². The Balaban J connectivity index is 1.80. The van der Waals surface area contributed by atoms with Crippen LogP contribution in [0.4, 0.5) is 4.39 Å². The second-order valence-electron chi connectivity index (χ2n) is 4.72. The first kappa shape index (κ1) is 10.9. The number of halogens is 1. The molecule has 0 spiro atoms. The molecule has 1 unspecified atom stereocenters. The van der Waals surface area contributed by atoms with E-state index < -0.39 is 0 Å². The fourth-order valence-corrected chi connectivity index (χ4v) is 2.67. The molecule has 4 rings (SSSR count). The minimum atomic E-state index is -0.296. The third-order valence-corrected chi connectivity index (χ3v) is 3.71. The number of carbonyl (C=O) groups excluding carboxylic acids is 1. The topological polar surface area (TPSA) is 23.6 Å². The maximum absolute atomic E-state index is 12.8. The number of Topliss-reactive ketones (excluding diaryl/α,β-unsaturated/α-hetero) is 1. The zero-order valence-corrected chi connectivity index (χ0v) is 9.60. The molecule has 1 atom stereocenters. The zero-order valence-electron chi connectivity index (χ0n) is 9.60. The molecule has 0 radical (unpaired) electrons. The van der Waals surface area contributed by atoms with Crippen LogP contribution in [-0.4, -0.2) is 54.3 Å². The number of ketones is 1. The highest BCUT2D eigenvalue weighted by Crippen LogP contribution is 2.19. The third kappa shape index (κ3) is 1.98. The predicted molar refractivity (Wildman–Crippen MR) is 62.5 cm³/mol. The first-order valence-electron chi connectivity index (χ1n) is 6.00. The third-order valence-electron chi connectivity index (χ3n) is 3.71. The number of fused-ring (bicyclic) bond motifs is 3. The average Bonchev–Trinajstić information content (AvgIpc) is 2.40. The Bertz CT molecular complexity index is 424. The van der Waals surface area contributed by atoms with E-state index in [1.807, 2.05) is 0 Å². The zero-order chi connectivity index (χ0) is 11.8. The first-order chi connectivity index (χ1) is 8.24. The molecule has 90 valence electrons. The van der Waals surface area contributed by atoms with Gasteiger partial charge in [0.05, 0.1) is 6.04 Å². The van der Waals surface area contributed by atoms with E-state index in [0.717, 1.165) is 32.7 Å². The van der Waals surface area contributed by atoms with Gasteiger partial charge in [0, 0.05) is 38.3 Å². The van der Waals surface area contributed by atoms with Crippen molar-refractivity contribution in [2.75, 3.05) is 32.7 Å². The predicted octanol–water partition coefficient (Wildman–Crippen LogP) is 1.01. The van der Waals surface area contributed by atoms with Crippen molar-refractivity contribution in [1.82, 2.24) is 9.80 Å². The number of rotatable bonds is 2. The molecular weight excluding hydrogens is 219 g/mol. The van der Waals surface area contributed by atoms with Crippen molar-refractivity contribution in [3.8, 4) is 0 Å². The maximum atomic E-state index is 12.8. The summed E-state index contributed by atoms with van der Waals surface area (Å²) in [5.41, 5.74) is 0.616. The monoisotopic (exact) mass is 234 g/mol. The van der Waals surface area contributed by atoms with E-state index in [-0.39, 0.29) is 17.6 Å². The van der Waals surface area contributed by atoms with Crippen LogP contribution in [0.25, 0.3) is 0 Å². The van der Waals surface area contributed by atoms with E-state index in [4.69, 9.17) is 0 Å². The van der Waals surface area contributed by atoms with Gasteiger partial charge in [-0.15, -0.1) is 0 Å². The number of benzene rings is 1. The highest BCUT2D eigenvalue weighted by molar-refractivity contribution is 6.00. The molecule has 3 fully saturated rings. The summed E-state index contributed by atoms with van der Waals surface area (Å²) in [5.74, 6) is -0.176. The minimum Gasteiger partial charge on any atom is -0.299 e. The van der Waals surface area contributed by atoms with Crippen molar-refractivity contribution in [2.45, 2.75) is 6.04 Å². The van der Waals surface area contributed by atoms with Crippen LogP contribution in [0.3, 0.4) is 0 Å². The highest BCUT2D eigenvalue weighted by Gasteiger charge is 2.36. The molecule has 3 nitrogen and oxygen atoms in total. The van der Waals surface area contributed by atoms with E-state index in [0.29, 0.717) is 5.56 Å². The fourth-order valence-electron chi connectivity index (χ4n) is 2.67. The molecule has 3 saturated heterocycles. The Labute approximate surface area is 99.8 Å². The van der Waals surface area contributed by atoms with Crippen molar-refractivity contribution < 1.29 is 9.18 Å². The summed E-state index contributed by atoms with van der Waals surface area (Å²) in [6.07, 6.45) is 0. The number of piperazine rings is 3. The van der Waals surface area contributed by atoms with Crippen LogP contribution in [0.5, 0.6) is 0 Å². The molecular formula is C13H15FN2O. The van der Waals surface area contributed by atoms with E-state index in [1.165, 1.54) is 12.1 Å². The second kappa shape index (κ2) is 4.20. The summed E-state index contributed by atoms with van der Waals surface area (Å²) in [5, 5.41) is 0. The smallest absolute Gasteiger partial charge is 0.181 e. The van der Waals surface area contributed by atoms with Gasteiger partial charge >= 0.3 is 0 Å². The van der Waals surface area contributed by atoms with Crippen molar-refractivity contribution in [2.24, 2.45) is 0 Å². The number of carbonyl (C=O) groups is 1. The number of hydrogen-bond acceptors (Lipinski definition) is 3. The fraction of sp³-hybridized carbons (Fsp3) is 0.462. The van der Waals surface area contributed by atoms with Crippen LogP contribution < -0.4 is 0 Å². The van der Waals surface area contributed by atoms with Gasteiger partial charge in [-0.3, -0.25) is 14.6 Å². The molecule has 0 aliphatic carbocycles. The normalized spacial score (nSPS) is 31.5. The van der Waals surface area contributed by atoms with Crippen LogP contribution in [0.1, 0.15) is 10.4 Å². The molecule has 2 bridgehead atoms. The van der Waals surface area contributed by atoms with Gasteiger partial charge in [-0.2, -0.15) is 0 Å². The van der Waals surface area contributed by atoms with E-state index in [9.17, 15) is 9.18 Å². The Hall–Kier alpha value is -1.26. The molecule has 0 amide bonds. The molecule has 3 heterocycles. The average molecular weight is 234 g/mol. The van der Waals surface area contributed by atoms with Crippen LogP contribution in [0.2, 0.25) is 0 Å². The molecule has 0 saturated carbocycles. The van der Waals surface area contributed by atoms with Crippen molar-refractivity contribution in [1.29, 1.82) is 0 Å². The van der Waals surface area contributed by atoms with Crippen molar-refractivity contribution in [3.63, 3.8) is 0 Å². The van der Waals surface area contributed by atoms with Crippen LogP contribution >= 0.6 is 0 Å². The molecule has 3 aliphatic rings. The van der Waals surface area contributed by atoms with Gasteiger partial charge < -0.3 is 0 Å². The minimum absolute atomic E-state index is 0.0389. The molecule has 1 aromatic rings. The quantitative estimate of drug-likeness (QED) is 0.713. The van der Waals surface area contributed by atoms with Gasteiger partial charge in [0.15, 0.2) is 5.78 Å². The highest BCUT2D eigenvalue weighted by atomic mass is 19.1. The Morgan fingerprint density at radius 2 is 1.76 bits per heavy atom. The van der Waals surface area contributed by atoms with Crippen LogP contribution in [0.15, 0.2) is 24.3 Å². The lowest BCUT2D eigenvalue weighted by atomic mass is 9.98. The van der Waals surface area contributed by atoms with Crippen molar-refractivity contribution in [3.05, 3.63) is 35.6 Å². The lowest BCUT2D eigenvalue weighted by molar-refractivity contribution is 0.0159. The van der Waals surface area contributed by atoms with Gasteiger partial charge in [0.2, 0.25) is 0 Å².